The summed E-state index contributed by atoms with van der Waals surface area (Å²) in [6, 6.07) is 5.82. The van der Waals surface area contributed by atoms with E-state index in [0.29, 0.717) is 16.7 Å². The third-order valence-corrected chi connectivity index (χ3v) is 4.64. The molecular weight excluding hydrogens is 332 g/mol. The number of thioether (sulfide) groups is 1. The summed E-state index contributed by atoms with van der Waals surface area (Å²) in [7, 11) is 0. The van der Waals surface area contributed by atoms with E-state index in [1.54, 1.807) is 11.8 Å². The summed E-state index contributed by atoms with van der Waals surface area (Å²) in [5, 5.41) is 5.65. The molecule has 5 nitrogen and oxygen atoms in total. The van der Waals surface area contributed by atoms with Crippen molar-refractivity contribution in [2.24, 2.45) is 0 Å². The first-order chi connectivity index (χ1) is 11.1. The van der Waals surface area contributed by atoms with Gasteiger partial charge >= 0.3 is 0 Å². The summed E-state index contributed by atoms with van der Waals surface area (Å²) >= 11 is 7.68. The van der Waals surface area contributed by atoms with Crippen molar-refractivity contribution < 1.29 is 4.52 Å². The maximum Gasteiger partial charge on any atom is 0.237 e. The average molecular weight is 351 g/mol. The molecule has 7 heteroatoms. The Morgan fingerprint density at radius 1 is 1.30 bits per heavy atom. The molecule has 0 atom stereocenters. The summed E-state index contributed by atoms with van der Waals surface area (Å²) in [5.41, 5.74) is 2.02. The first-order valence-corrected chi connectivity index (χ1v) is 9.06. The van der Waals surface area contributed by atoms with Crippen LogP contribution in [0.5, 0.6) is 0 Å². The molecule has 0 aliphatic rings. The molecule has 0 spiro atoms. The molecule has 0 fully saturated rings. The number of aryl methyl sites for hydroxylation is 1. The van der Waals surface area contributed by atoms with Gasteiger partial charge in [0.05, 0.1) is 16.8 Å². The number of halogens is 1. The van der Waals surface area contributed by atoms with Crippen LogP contribution in [0.15, 0.2) is 27.9 Å². The lowest BCUT2D eigenvalue weighted by molar-refractivity contribution is 0.382. The van der Waals surface area contributed by atoms with E-state index in [9.17, 15) is 0 Å². The second-order valence-electron chi connectivity index (χ2n) is 5.67. The van der Waals surface area contributed by atoms with Crippen LogP contribution in [0.2, 0.25) is 5.02 Å². The molecule has 23 heavy (non-hydrogen) atoms. The summed E-state index contributed by atoms with van der Waals surface area (Å²) in [6.07, 6.45) is 1.04. The van der Waals surface area contributed by atoms with Crippen LogP contribution in [-0.2, 0) is 12.3 Å². The zero-order chi connectivity index (χ0) is 16.4. The summed E-state index contributed by atoms with van der Waals surface area (Å²) in [5.74, 6) is 2.26. The Bertz CT molecular complexity index is 812. The second-order valence-corrected chi connectivity index (χ2v) is 7.05. The molecule has 0 aliphatic heterocycles. The van der Waals surface area contributed by atoms with Gasteiger partial charge in [0.25, 0.3) is 0 Å². The predicted octanol–water partition coefficient (Wildman–Crippen LogP) is 4.90. The maximum atomic E-state index is 6.07. The van der Waals surface area contributed by atoms with Crippen molar-refractivity contribution in [3.63, 3.8) is 0 Å². The molecule has 0 aliphatic carbocycles. The van der Waals surface area contributed by atoms with E-state index in [1.807, 2.05) is 32.0 Å². The lowest BCUT2D eigenvalue weighted by Crippen LogP contribution is -1.99. The van der Waals surface area contributed by atoms with Gasteiger partial charge in [-0.15, -0.1) is 0 Å². The third kappa shape index (κ3) is 3.53. The van der Waals surface area contributed by atoms with Crippen molar-refractivity contribution in [3.05, 3.63) is 34.9 Å². The molecule has 0 unspecified atom stereocenters. The molecule has 0 saturated heterocycles. The molecule has 1 aromatic carbocycles. The quantitative estimate of drug-likeness (QED) is 0.592. The molecule has 3 rings (SSSR count). The average Bonchev–Trinajstić information content (AvgIpc) is 3.10. The van der Waals surface area contributed by atoms with Crippen molar-refractivity contribution in [1.29, 1.82) is 0 Å². The van der Waals surface area contributed by atoms with E-state index in [1.165, 1.54) is 0 Å². The highest BCUT2D eigenvalue weighted by atomic mass is 35.5. The molecule has 2 aromatic heterocycles. The molecule has 2 heterocycles. The van der Waals surface area contributed by atoms with Crippen LogP contribution in [0.3, 0.4) is 0 Å². The largest absolute Gasteiger partial charge is 0.338 e. The Morgan fingerprint density at radius 3 is 2.83 bits per heavy atom. The number of imidazole rings is 1. The fourth-order valence-electron chi connectivity index (χ4n) is 2.32. The molecule has 0 saturated carbocycles. The number of fused-ring (bicyclic) bond motifs is 1. The topological polar surface area (TPSA) is 56.7 Å². The van der Waals surface area contributed by atoms with Crippen molar-refractivity contribution >= 4 is 34.4 Å². The maximum absolute atomic E-state index is 6.07. The Balaban J connectivity index is 1.84. The number of benzene rings is 1. The van der Waals surface area contributed by atoms with Crippen LogP contribution in [0, 0.1) is 0 Å². The van der Waals surface area contributed by atoms with Gasteiger partial charge in [-0.1, -0.05) is 49.3 Å². The third-order valence-electron chi connectivity index (χ3n) is 3.45. The normalized spacial score (nSPS) is 11.7. The van der Waals surface area contributed by atoms with Gasteiger partial charge in [0.1, 0.15) is 0 Å². The van der Waals surface area contributed by atoms with Crippen LogP contribution in [0.4, 0.5) is 0 Å². The van der Waals surface area contributed by atoms with Crippen LogP contribution in [-0.4, -0.2) is 19.7 Å². The van der Waals surface area contributed by atoms with Gasteiger partial charge in [0.2, 0.25) is 5.89 Å². The highest BCUT2D eigenvalue weighted by Gasteiger charge is 2.14. The first kappa shape index (κ1) is 16.3. The minimum absolute atomic E-state index is 0.268. The Hall–Kier alpha value is -1.53. The van der Waals surface area contributed by atoms with Gasteiger partial charge < -0.3 is 9.09 Å². The van der Waals surface area contributed by atoms with Gasteiger partial charge in [0.15, 0.2) is 11.0 Å². The van der Waals surface area contributed by atoms with Crippen molar-refractivity contribution in [2.75, 3.05) is 0 Å². The number of hydrogen-bond acceptors (Lipinski definition) is 5. The predicted molar refractivity (Wildman–Crippen MR) is 93.0 cm³/mol. The highest BCUT2D eigenvalue weighted by Crippen LogP contribution is 2.28. The molecule has 0 amide bonds. The van der Waals surface area contributed by atoms with E-state index in [4.69, 9.17) is 21.1 Å². The van der Waals surface area contributed by atoms with Crippen molar-refractivity contribution in [3.8, 4) is 0 Å². The van der Waals surface area contributed by atoms with Crippen molar-refractivity contribution in [2.45, 2.75) is 50.6 Å². The van der Waals surface area contributed by atoms with E-state index in [2.05, 4.69) is 21.6 Å². The molecule has 122 valence electrons. The van der Waals surface area contributed by atoms with Gasteiger partial charge in [-0.25, -0.2) is 4.98 Å². The minimum atomic E-state index is 0.268. The number of nitrogens with zero attached hydrogens (tertiary/aromatic N) is 4. The highest BCUT2D eigenvalue weighted by molar-refractivity contribution is 7.98. The summed E-state index contributed by atoms with van der Waals surface area (Å²) in [4.78, 5) is 9.11. The van der Waals surface area contributed by atoms with Gasteiger partial charge in [0, 0.05) is 17.5 Å². The monoisotopic (exact) mass is 350 g/mol. The van der Waals surface area contributed by atoms with E-state index in [0.717, 1.165) is 35.0 Å². The Labute approximate surface area is 144 Å². The summed E-state index contributed by atoms with van der Waals surface area (Å²) in [6.45, 7) is 7.17. The first-order valence-electron chi connectivity index (χ1n) is 7.69. The molecule has 3 aromatic rings. The molecule has 0 radical (unpaired) electrons. The minimum Gasteiger partial charge on any atom is -0.338 e. The van der Waals surface area contributed by atoms with Gasteiger partial charge in [-0.3, -0.25) is 0 Å². The zero-order valence-electron chi connectivity index (χ0n) is 13.4. The van der Waals surface area contributed by atoms with Crippen molar-refractivity contribution in [1.82, 2.24) is 19.7 Å². The zero-order valence-corrected chi connectivity index (χ0v) is 15.0. The van der Waals surface area contributed by atoms with E-state index in [-0.39, 0.29) is 5.92 Å². The molecular formula is C16H19ClN4OS. The van der Waals surface area contributed by atoms with E-state index >= 15 is 0 Å². The number of hydrogen-bond donors (Lipinski definition) is 0. The van der Waals surface area contributed by atoms with Crippen LogP contribution < -0.4 is 0 Å². The number of rotatable bonds is 6. The Morgan fingerprint density at radius 2 is 2.13 bits per heavy atom. The molecule has 0 N–H and O–H groups in total. The summed E-state index contributed by atoms with van der Waals surface area (Å²) < 4.78 is 7.52. The Kier molecular flexibility index (Phi) is 4.92. The van der Waals surface area contributed by atoms with Crippen LogP contribution >= 0.6 is 23.4 Å². The lowest BCUT2D eigenvalue weighted by atomic mass is 10.2. The van der Waals surface area contributed by atoms with Crippen LogP contribution in [0.25, 0.3) is 11.0 Å². The SMILES string of the molecule is CCCn1c(SCc2nc(C(C)C)no2)nc2cc(Cl)ccc21. The standard InChI is InChI=1S/C16H19ClN4OS/c1-4-7-21-13-6-5-11(17)8-12(13)18-16(21)23-9-14-19-15(10(2)3)20-22-14/h5-6,8,10H,4,7,9H2,1-3H3. The van der Waals surface area contributed by atoms with Gasteiger partial charge in [-0.05, 0) is 24.6 Å². The fraction of sp³-hybridized carbons (Fsp3) is 0.438. The van der Waals surface area contributed by atoms with Crippen LogP contribution in [0.1, 0.15) is 44.8 Å². The number of aromatic nitrogens is 4. The smallest absolute Gasteiger partial charge is 0.237 e. The second kappa shape index (κ2) is 6.93. The fourth-order valence-corrected chi connectivity index (χ4v) is 3.36. The molecule has 0 bridgehead atoms. The van der Waals surface area contributed by atoms with E-state index < -0.39 is 0 Å². The lowest BCUT2D eigenvalue weighted by Gasteiger charge is -2.06. The van der Waals surface area contributed by atoms with Gasteiger partial charge in [-0.2, -0.15) is 4.98 Å².